The number of piperidine rings is 1. The van der Waals surface area contributed by atoms with Gasteiger partial charge in [-0.15, -0.1) is 0 Å². The molecule has 1 saturated heterocycles. The summed E-state index contributed by atoms with van der Waals surface area (Å²) in [6.07, 6.45) is 3.46. The summed E-state index contributed by atoms with van der Waals surface area (Å²) in [5, 5.41) is 3.19. The number of hydrogen-bond acceptors (Lipinski definition) is 6. The number of hydrogen-bond donors (Lipinski definition) is 1. The molecule has 1 aliphatic heterocycles. The summed E-state index contributed by atoms with van der Waals surface area (Å²) in [7, 11) is -3.64. The molecule has 2 aromatic rings. The molecule has 1 fully saturated rings. The van der Waals surface area contributed by atoms with Gasteiger partial charge in [0.05, 0.1) is 5.92 Å². The summed E-state index contributed by atoms with van der Waals surface area (Å²) in [5.74, 6) is -1.43. The topological polar surface area (TPSA) is 106 Å². The first-order valence-corrected chi connectivity index (χ1v) is 11.2. The summed E-state index contributed by atoms with van der Waals surface area (Å²) in [4.78, 5) is 28.3. The molecule has 8 nitrogen and oxygen atoms in total. The van der Waals surface area contributed by atoms with Crippen LogP contribution in [0.15, 0.2) is 47.6 Å². The van der Waals surface area contributed by atoms with Gasteiger partial charge in [0.2, 0.25) is 10.0 Å². The summed E-state index contributed by atoms with van der Waals surface area (Å²) in [6, 6.07) is 8.19. The van der Waals surface area contributed by atoms with Crippen LogP contribution in [0.3, 0.4) is 0 Å². The summed E-state index contributed by atoms with van der Waals surface area (Å²) in [5.41, 5.74) is 1.28. The first-order valence-electron chi connectivity index (χ1n) is 9.41. The highest BCUT2D eigenvalue weighted by Gasteiger charge is 2.33. The van der Waals surface area contributed by atoms with Gasteiger partial charge in [-0.05, 0) is 49.6 Å². The molecule has 160 valence electrons. The summed E-state index contributed by atoms with van der Waals surface area (Å²) in [6.45, 7) is 1.76. The second-order valence-corrected chi connectivity index (χ2v) is 9.28. The number of sulfonamides is 1. The van der Waals surface area contributed by atoms with Gasteiger partial charge in [0.15, 0.2) is 6.61 Å². The Balaban J connectivity index is 1.48. The van der Waals surface area contributed by atoms with E-state index in [2.05, 4.69) is 10.3 Å². The monoisotopic (exact) mass is 451 g/mol. The van der Waals surface area contributed by atoms with Crippen LogP contribution >= 0.6 is 11.6 Å². The Kier molecular flexibility index (Phi) is 7.06. The van der Waals surface area contributed by atoms with Gasteiger partial charge in [0, 0.05) is 36.2 Å². The van der Waals surface area contributed by atoms with Gasteiger partial charge < -0.3 is 10.1 Å². The van der Waals surface area contributed by atoms with E-state index in [0.29, 0.717) is 23.6 Å². The van der Waals surface area contributed by atoms with Gasteiger partial charge in [-0.25, -0.2) is 8.42 Å². The molecule has 0 atom stereocenters. The molecule has 1 N–H and O–H groups in total. The number of esters is 1. The molecular formula is C20H22ClN3O5S. The average molecular weight is 452 g/mol. The first-order chi connectivity index (χ1) is 14.3. The van der Waals surface area contributed by atoms with E-state index in [-0.39, 0.29) is 18.0 Å². The molecule has 0 radical (unpaired) electrons. The average Bonchev–Trinajstić information content (AvgIpc) is 2.76. The molecular weight excluding hydrogens is 430 g/mol. The number of pyridine rings is 1. The number of benzene rings is 1. The number of ether oxygens (including phenoxy) is 1. The lowest BCUT2D eigenvalue weighted by Crippen LogP contribution is -2.41. The quantitative estimate of drug-likeness (QED) is 0.677. The standard InChI is InChI=1S/C20H22ClN3O5S/c1-14-17(21)5-2-6-18(14)23-19(25)13-29-20(26)15-7-10-24(11-8-15)30(27,28)16-4-3-9-22-12-16/h2-6,9,12,15H,7-8,10-11,13H2,1H3,(H,23,25). The summed E-state index contributed by atoms with van der Waals surface area (Å²) < 4.78 is 31.7. The van der Waals surface area contributed by atoms with Crippen molar-refractivity contribution in [3.63, 3.8) is 0 Å². The van der Waals surface area contributed by atoms with Crippen LogP contribution in [0.25, 0.3) is 0 Å². The predicted molar refractivity (Wildman–Crippen MR) is 111 cm³/mol. The van der Waals surface area contributed by atoms with Gasteiger partial charge in [-0.2, -0.15) is 4.31 Å². The van der Waals surface area contributed by atoms with E-state index >= 15 is 0 Å². The maximum absolute atomic E-state index is 12.6. The van der Waals surface area contributed by atoms with Crippen LogP contribution in [-0.2, 0) is 24.3 Å². The van der Waals surface area contributed by atoms with E-state index < -0.39 is 34.4 Å². The number of carbonyl (C=O) groups excluding carboxylic acids is 2. The smallest absolute Gasteiger partial charge is 0.309 e. The lowest BCUT2D eigenvalue weighted by Gasteiger charge is -2.29. The van der Waals surface area contributed by atoms with Crippen molar-refractivity contribution in [2.24, 2.45) is 5.92 Å². The van der Waals surface area contributed by atoms with Crippen molar-refractivity contribution in [1.29, 1.82) is 0 Å². The number of amides is 1. The molecule has 10 heteroatoms. The number of rotatable bonds is 6. The zero-order chi connectivity index (χ0) is 21.7. The van der Waals surface area contributed by atoms with Crippen LogP contribution in [0.5, 0.6) is 0 Å². The Bertz CT molecular complexity index is 1020. The molecule has 0 saturated carbocycles. The van der Waals surface area contributed by atoms with Crippen LogP contribution in [0.4, 0.5) is 5.69 Å². The lowest BCUT2D eigenvalue weighted by molar-refractivity contribution is -0.152. The Hall–Kier alpha value is -2.49. The van der Waals surface area contributed by atoms with Crippen molar-refractivity contribution < 1.29 is 22.7 Å². The van der Waals surface area contributed by atoms with E-state index in [1.54, 1.807) is 31.2 Å². The number of aromatic nitrogens is 1. The second kappa shape index (κ2) is 9.55. The number of halogens is 1. The predicted octanol–water partition coefficient (Wildman–Crippen LogP) is 2.63. The van der Waals surface area contributed by atoms with E-state index in [1.165, 1.54) is 22.8 Å². The highest BCUT2D eigenvalue weighted by molar-refractivity contribution is 7.89. The van der Waals surface area contributed by atoms with E-state index in [1.807, 2.05) is 0 Å². The molecule has 30 heavy (non-hydrogen) atoms. The number of anilines is 1. The van der Waals surface area contributed by atoms with E-state index in [0.717, 1.165) is 5.56 Å². The number of nitrogens with zero attached hydrogens (tertiary/aromatic N) is 2. The first kappa shape index (κ1) is 22.2. The minimum Gasteiger partial charge on any atom is -0.455 e. The molecule has 3 rings (SSSR count). The normalized spacial score (nSPS) is 15.5. The molecule has 0 aliphatic carbocycles. The molecule has 1 aromatic carbocycles. The van der Waals surface area contributed by atoms with Crippen LogP contribution in [0.1, 0.15) is 18.4 Å². The minimum atomic E-state index is -3.64. The van der Waals surface area contributed by atoms with Crippen molar-refractivity contribution in [3.05, 3.63) is 53.3 Å². The van der Waals surface area contributed by atoms with E-state index in [4.69, 9.17) is 16.3 Å². The van der Waals surface area contributed by atoms with Gasteiger partial charge in [0.25, 0.3) is 5.91 Å². The van der Waals surface area contributed by atoms with Crippen LogP contribution in [0.2, 0.25) is 5.02 Å². The second-order valence-electron chi connectivity index (χ2n) is 6.94. The Morgan fingerprint density at radius 1 is 1.23 bits per heavy atom. The van der Waals surface area contributed by atoms with Crippen molar-refractivity contribution in [1.82, 2.24) is 9.29 Å². The van der Waals surface area contributed by atoms with Crippen LogP contribution in [0, 0.1) is 12.8 Å². The Morgan fingerprint density at radius 3 is 2.63 bits per heavy atom. The SMILES string of the molecule is Cc1c(Cl)cccc1NC(=O)COC(=O)C1CCN(S(=O)(=O)c2cccnc2)CC1. The van der Waals surface area contributed by atoms with E-state index in [9.17, 15) is 18.0 Å². The number of nitrogens with one attached hydrogen (secondary N) is 1. The Labute approximate surface area is 180 Å². The Morgan fingerprint density at radius 2 is 1.97 bits per heavy atom. The fraction of sp³-hybridized carbons (Fsp3) is 0.350. The van der Waals surface area contributed by atoms with Crippen molar-refractivity contribution >= 4 is 39.2 Å². The highest BCUT2D eigenvalue weighted by Crippen LogP contribution is 2.25. The van der Waals surface area contributed by atoms with Crippen molar-refractivity contribution in [2.45, 2.75) is 24.7 Å². The third-order valence-electron chi connectivity index (χ3n) is 4.95. The molecule has 0 unspecified atom stereocenters. The minimum absolute atomic E-state index is 0.124. The van der Waals surface area contributed by atoms with Gasteiger partial charge >= 0.3 is 5.97 Å². The molecule has 0 bridgehead atoms. The summed E-state index contributed by atoms with van der Waals surface area (Å²) >= 11 is 6.02. The largest absolute Gasteiger partial charge is 0.455 e. The number of carbonyl (C=O) groups is 2. The van der Waals surface area contributed by atoms with Crippen LogP contribution in [-0.4, -0.2) is 49.3 Å². The molecule has 2 heterocycles. The molecule has 1 aromatic heterocycles. The third-order valence-corrected chi connectivity index (χ3v) is 7.24. The molecule has 1 aliphatic rings. The fourth-order valence-corrected chi connectivity index (χ4v) is 4.77. The van der Waals surface area contributed by atoms with Gasteiger partial charge in [-0.3, -0.25) is 14.6 Å². The third kappa shape index (κ3) is 5.16. The maximum Gasteiger partial charge on any atom is 0.309 e. The zero-order valence-electron chi connectivity index (χ0n) is 16.4. The zero-order valence-corrected chi connectivity index (χ0v) is 17.9. The molecule has 1 amide bonds. The van der Waals surface area contributed by atoms with Gasteiger partial charge in [-0.1, -0.05) is 17.7 Å². The van der Waals surface area contributed by atoms with Crippen molar-refractivity contribution in [3.8, 4) is 0 Å². The van der Waals surface area contributed by atoms with Crippen molar-refractivity contribution in [2.75, 3.05) is 25.0 Å². The lowest BCUT2D eigenvalue weighted by atomic mass is 9.98. The van der Waals surface area contributed by atoms with Crippen LogP contribution < -0.4 is 5.32 Å². The highest BCUT2D eigenvalue weighted by atomic mass is 35.5. The fourth-order valence-electron chi connectivity index (χ4n) is 3.16. The van der Waals surface area contributed by atoms with Gasteiger partial charge in [0.1, 0.15) is 4.90 Å². The molecule has 0 spiro atoms. The maximum atomic E-state index is 12.6.